The maximum atomic E-state index is 12.6. The van der Waals surface area contributed by atoms with Gasteiger partial charge in [0.2, 0.25) is 0 Å². The summed E-state index contributed by atoms with van der Waals surface area (Å²) in [4.78, 5) is 28.3. The largest absolute Gasteiger partial charge is 0.451 e. The number of ether oxygens (including phenoxy) is 1. The number of hydrogen-bond donors (Lipinski definition) is 0. The number of piperidine rings is 1. The third-order valence-corrected chi connectivity index (χ3v) is 5.35. The second-order valence-electron chi connectivity index (χ2n) is 7.72. The van der Waals surface area contributed by atoms with Crippen molar-refractivity contribution in [1.82, 2.24) is 19.9 Å². The lowest BCUT2D eigenvalue weighted by atomic mass is 9.97. The van der Waals surface area contributed by atoms with Gasteiger partial charge in [0.15, 0.2) is 12.3 Å². The lowest BCUT2D eigenvalue weighted by Gasteiger charge is -2.38. The molecule has 1 aromatic heterocycles. The predicted molar refractivity (Wildman–Crippen MR) is 105 cm³/mol. The van der Waals surface area contributed by atoms with Crippen LogP contribution in [-0.4, -0.2) is 50.5 Å². The summed E-state index contributed by atoms with van der Waals surface area (Å²) in [7, 11) is 0. The van der Waals surface area contributed by atoms with Crippen molar-refractivity contribution in [2.24, 2.45) is 0 Å². The van der Waals surface area contributed by atoms with Crippen LogP contribution in [0.3, 0.4) is 0 Å². The van der Waals surface area contributed by atoms with Crippen LogP contribution < -0.4 is 0 Å². The molecule has 28 heavy (non-hydrogen) atoms. The summed E-state index contributed by atoms with van der Waals surface area (Å²) in [6, 6.07) is 6.26. The summed E-state index contributed by atoms with van der Waals surface area (Å²) in [6.07, 6.45) is 3.08. The number of amides is 1. The van der Waals surface area contributed by atoms with Gasteiger partial charge in [-0.3, -0.25) is 4.79 Å². The van der Waals surface area contributed by atoms with Crippen LogP contribution >= 0.6 is 0 Å². The molecule has 0 radical (unpaired) electrons. The highest BCUT2D eigenvalue weighted by Crippen LogP contribution is 2.22. The minimum Gasteiger partial charge on any atom is -0.451 e. The first-order valence-electron chi connectivity index (χ1n) is 9.77. The molecule has 0 spiro atoms. The van der Waals surface area contributed by atoms with E-state index in [9.17, 15) is 9.59 Å². The molecule has 0 N–H and O–H groups in total. The van der Waals surface area contributed by atoms with Gasteiger partial charge in [-0.1, -0.05) is 17.7 Å². The van der Waals surface area contributed by atoms with Crippen molar-refractivity contribution < 1.29 is 14.3 Å². The zero-order chi connectivity index (χ0) is 20.4. The third kappa shape index (κ3) is 4.08. The number of esters is 1. The summed E-state index contributed by atoms with van der Waals surface area (Å²) in [5, 5.41) is 8.64. The van der Waals surface area contributed by atoms with E-state index < -0.39 is 5.97 Å². The van der Waals surface area contributed by atoms with Crippen molar-refractivity contribution in [3.8, 4) is 5.69 Å². The van der Waals surface area contributed by atoms with Gasteiger partial charge in [0.05, 0.1) is 11.4 Å². The summed E-state index contributed by atoms with van der Waals surface area (Å²) < 4.78 is 5.27. The molecule has 0 unspecified atom stereocenters. The minimum atomic E-state index is -0.626. The fraction of sp³-hybridized carbons (Fsp3) is 0.524. The lowest BCUT2D eigenvalue weighted by Crippen LogP contribution is -2.49. The average molecular weight is 384 g/mol. The lowest BCUT2D eigenvalue weighted by molar-refractivity contribution is -0.140. The standard InChI is InChI=1S/C21H28N4O3/c1-13-9-10-18(14(2)11-13)25-22-17(5)20(23-25)21(27)28-12-19(26)24-15(3)7-6-8-16(24)4/h9-11,15-16H,6-8,12H2,1-5H3/t15-,16-/m0/s1. The monoisotopic (exact) mass is 384 g/mol. The van der Waals surface area contributed by atoms with E-state index in [-0.39, 0.29) is 30.3 Å². The molecular formula is C21H28N4O3. The Labute approximate surface area is 165 Å². The molecule has 1 aliphatic rings. The van der Waals surface area contributed by atoms with E-state index in [4.69, 9.17) is 4.74 Å². The van der Waals surface area contributed by atoms with Crippen molar-refractivity contribution in [1.29, 1.82) is 0 Å². The number of hydrogen-bond acceptors (Lipinski definition) is 5. The van der Waals surface area contributed by atoms with Crippen LogP contribution in [-0.2, 0) is 9.53 Å². The van der Waals surface area contributed by atoms with Gasteiger partial charge < -0.3 is 9.64 Å². The second kappa shape index (κ2) is 8.12. The van der Waals surface area contributed by atoms with Crippen LogP contribution in [0.2, 0.25) is 0 Å². The molecule has 0 aliphatic carbocycles. The van der Waals surface area contributed by atoms with Gasteiger partial charge in [0.25, 0.3) is 5.91 Å². The van der Waals surface area contributed by atoms with Crippen LogP contribution in [0.15, 0.2) is 18.2 Å². The number of carbonyl (C=O) groups excluding carboxylic acids is 2. The molecule has 0 saturated carbocycles. The summed E-state index contributed by atoms with van der Waals surface area (Å²) >= 11 is 0. The van der Waals surface area contributed by atoms with Gasteiger partial charge in [-0.25, -0.2) is 4.79 Å². The quantitative estimate of drug-likeness (QED) is 0.757. The first-order valence-corrected chi connectivity index (χ1v) is 9.77. The van der Waals surface area contributed by atoms with E-state index in [0.717, 1.165) is 36.1 Å². The first kappa shape index (κ1) is 20.0. The number of aromatic nitrogens is 3. The Morgan fingerprint density at radius 3 is 2.43 bits per heavy atom. The summed E-state index contributed by atoms with van der Waals surface area (Å²) in [5.74, 6) is -0.786. The topological polar surface area (TPSA) is 77.3 Å². The fourth-order valence-electron chi connectivity index (χ4n) is 3.89. The Bertz CT molecular complexity index is 880. The normalized spacial score (nSPS) is 19.5. The smallest absolute Gasteiger partial charge is 0.361 e. The van der Waals surface area contributed by atoms with E-state index in [1.807, 2.05) is 50.8 Å². The molecule has 1 saturated heterocycles. The van der Waals surface area contributed by atoms with Crippen LogP contribution in [0.1, 0.15) is 60.4 Å². The SMILES string of the molecule is Cc1ccc(-n2nc(C)c(C(=O)OCC(=O)N3[C@@H](C)CCC[C@@H]3C)n2)c(C)c1. The van der Waals surface area contributed by atoms with Crippen LogP contribution in [0.25, 0.3) is 5.69 Å². The minimum absolute atomic E-state index is 0.132. The van der Waals surface area contributed by atoms with Crippen molar-refractivity contribution in [3.05, 3.63) is 40.7 Å². The molecule has 2 heterocycles. The zero-order valence-corrected chi connectivity index (χ0v) is 17.2. The van der Waals surface area contributed by atoms with Crippen LogP contribution in [0.4, 0.5) is 0 Å². The Morgan fingerprint density at radius 2 is 1.79 bits per heavy atom. The summed E-state index contributed by atoms with van der Waals surface area (Å²) in [5.41, 5.74) is 3.56. The Balaban J connectivity index is 1.69. The van der Waals surface area contributed by atoms with Gasteiger partial charge in [-0.05, 0) is 65.5 Å². The Hall–Kier alpha value is -2.70. The third-order valence-electron chi connectivity index (χ3n) is 5.35. The molecular weight excluding hydrogens is 356 g/mol. The van der Waals surface area contributed by atoms with Crippen molar-refractivity contribution >= 4 is 11.9 Å². The van der Waals surface area contributed by atoms with E-state index >= 15 is 0 Å². The highest BCUT2D eigenvalue weighted by Gasteiger charge is 2.30. The first-order chi connectivity index (χ1) is 13.3. The highest BCUT2D eigenvalue weighted by atomic mass is 16.5. The number of aryl methyl sites for hydroxylation is 3. The number of likely N-dealkylation sites (tertiary alicyclic amines) is 1. The summed E-state index contributed by atoms with van der Waals surface area (Å²) in [6.45, 7) is 9.49. The van der Waals surface area contributed by atoms with Gasteiger partial charge in [-0.2, -0.15) is 9.90 Å². The number of rotatable bonds is 4. The molecule has 2 aromatic rings. The highest BCUT2D eigenvalue weighted by molar-refractivity contribution is 5.90. The molecule has 1 amide bonds. The zero-order valence-electron chi connectivity index (χ0n) is 17.2. The van der Waals surface area contributed by atoms with Crippen LogP contribution in [0.5, 0.6) is 0 Å². The van der Waals surface area contributed by atoms with E-state index in [0.29, 0.717) is 5.69 Å². The maximum Gasteiger partial charge on any atom is 0.361 e. The molecule has 7 heteroatoms. The predicted octanol–water partition coefficient (Wildman–Crippen LogP) is 3.14. The number of nitrogens with zero attached hydrogens (tertiary/aromatic N) is 4. The van der Waals surface area contributed by atoms with E-state index in [1.54, 1.807) is 6.92 Å². The van der Waals surface area contributed by atoms with Crippen molar-refractivity contribution in [3.63, 3.8) is 0 Å². The average Bonchev–Trinajstić information content (AvgIpc) is 3.01. The molecule has 3 rings (SSSR count). The second-order valence-corrected chi connectivity index (χ2v) is 7.72. The van der Waals surface area contributed by atoms with E-state index in [1.165, 1.54) is 4.80 Å². The fourth-order valence-corrected chi connectivity index (χ4v) is 3.89. The molecule has 1 aromatic carbocycles. The van der Waals surface area contributed by atoms with Gasteiger partial charge in [0.1, 0.15) is 0 Å². The molecule has 150 valence electrons. The molecule has 1 aliphatic heterocycles. The van der Waals surface area contributed by atoms with E-state index in [2.05, 4.69) is 10.2 Å². The Kier molecular flexibility index (Phi) is 5.82. The Morgan fingerprint density at radius 1 is 1.11 bits per heavy atom. The van der Waals surface area contributed by atoms with Crippen LogP contribution in [0, 0.1) is 20.8 Å². The molecule has 7 nitrogen and oxygen atoms in total. The number of carbonyl (C=O) groups is 2. The van der Waals surface area contributed by atoms with Crippen molar-refractivity contribution in [2.45, 2.75) is 66.0 Å². The van der Waals surface area contributed by atoms with Crippen molar-refractivity contribution in [2.75, 3.05) is 6.61 Å². The maximum absolute atomic E-state index is 12.6. The van der Waals surface area contributed by atoms with Gasteiger partial charge >= 0.3 is 5.97 Å². The molecule has 2 atom stereocenters. The van der Waals surface area contributed by atoms with Gasteiger partial charge in [0, 0.05) is 12.1 Å². The number of benzene rings is 1. The molecule has 1 fully saturated rings. The van der Waals surface area contributed by atoms with Gasteiger partial charge in [-0.15, -0.1) is 5.10 Å². The molecule has 0 bridgehead atoms.